The molecular formula is C10H11N5O2S. The third kappa shape index (κ3) is 2.09. The van der Waals surface area contributed by atoms with E-state index in [0.717, 1.165) is 11.3 Å². The van der Waals surface area contributed by atoms with Crippen molar-refractivity contribution in [1.82, 2.24) is 14.9 Å². The van der Waals surface area contributed by atoms with Gasteiger partial charge in [-0.2, -0.15) is 0 Å². The predicted molar refractivity (Wildman–Crippen MR) is 68.0 cm³/mol. The zero-order valence-corrected chi connectivity index (χ0v) is 10.4. The smallest absolute Gasteiger partial charge is 0.266 e. The zero-order chi connectivity index (χ0) is 13.3. The summed E-state index contributed by atoms with van der Waals surface area (Å²) in [6, 6.07) is 0. The minimum atomic E-state index is -0.582. The number of carbonyl (C=O) groups excluding carboxylic acids is 2. The summed E-state index contributed by atoms with van der Waals surface area (Å²) in [4.78, 5) is 33.1. The monoisotopic (exact) mass is 265 g/mol. The number of anilines is 1. The normalized spacial score (nSPS) is 10.5. The number of thiophene rings is 1. The molecule has 0 unspecified atom stereocenters. The van der Waals surface area contributed by atoms with E-state index in [1.54, 1.807) is 0 Å². The Morgan fingerprint density at radius 1 is 1.39 bits per heavy atom. The molecule has 2 aromatic rings. The molecule has 0 radical (unpaired) electrons. The lowest BCUT2D eigenvalue weighted by atomic mass is 10.3. The van der Waals surface area contributed by atoms with Crippen LogP contribution in [0.2, 0.25) is 0 Å². The Kier molecular flexibility index (Phi) is 3.11. The van der Waals surface area contributed by atoms with Gasteiger partial charge in [-0.1, -0.05) is 0 Å². The van der Waals surface area contributed by atoms with Gasteiger partial charge in [0.1, 0.15) is 15.2 Å². The van der Waals surface area contributed by atoms with Gasteiger partial charge in [-0.05, 0) is 0 Å². The number of carbonyl (C=O) groups is 2. The highest BCUT2D eigenvalue weighted by Crippen LogP contribution is 2.31. The van der Waals surface area contributed by atoms with E-state index < -0.39 is 5.91 Å². The van der Waals surface area contributed by atoms with Crippen molar-refractivity contribution in [2.45, 2.75) is 0 Å². The molecule has 0 fully saturated rings. The second-order valence-corrected chi connectivity index (χ2v) is 4.68. The van der Waals surface area contributed by atoms with Gasteiger partial charge in [0, 0.05) is 19.4 Å². The first-order chi connectivity index (χ1) is 8.50. The summed E-state index contributed by atoms with van der Waals surface area (Å²) < 4.78 is 0. The van der Waals surface area contributed by atoms with E-state index in [-0.39, 0.29) is 18.1 Å². The van der Waals surface area contributed by atoms with Crippen molar-refractivity contribution >= 4 is 39.2 Å². The first-order valence-electron chi connectivity index (χ1n) is 5.03. The highest BCUT2D eigenvalue weighted by Gasteiger charge is 2.21. The summed E-state index contributed by atoms with van der Waals surface area (Å²) in [5, 5.41) is 0. The number of likely N-dealkylation sites (N-methyl/N-ethyl adjacent to an activating group) is 1. The molecule has 2 amide bonds. The van der Waals surface area contributed by atoms with E-state index in [0.29, 0.717) is 15.2 Å². The predicted octanol–water partition coefficient (Wildman–Crippen LogP) is -0.169. The minimum absolute atomic E-state index is 0.159. The summed E-state index contributed by atoms with van der Waals surface area (Å²) in [6.45, 7) is -0.159. The first kappa shape index (κ1) is 12.2. The Morgan fingerprint density at radius 2 is 2.06 bits per heavy atom. The van der Waals surface area contributed by atoms with Gasteiger partial charge < -0.3 is 16.4 Å². The third-order valence-corrected chi connectivity index (χ3v) is 3.39. The molecule has 0 aliphatic rings. The molecule has 0 saturated carbocycles. The van der Waals surface area contributed by atoms with Crippen LogP contribution in [0, 0.1) is 0 Å². The number of fused-ring (bicyclic) bond motifs is 1. The van der Waals surface area contributed by atoms with Crippen LogP contribution in [-0.4, -0.2) is 40.3 Å². The van der Waals surface area contributed by atoms with Crippen LogP contribution in [0.4, 0.5) is 5.69 Å². The number of nitrogens with two attached hydrogens (primary N) is 2. The molecule has 0 saturated heterocycles. The Bertz CT molecular complexity index is 624. The average molecular weight is 265 g/mol. The molecule has 0 aliphatic heterocycles. The van der Waals surface area contributed by atoms with Crippen molar-refractivity contribution in [2.24, 2.45) is 5.73 Å². The summed E-state index contributed by atoms with van der Waals surface area (Å²) in [5.41, 5.74) is 11.7. The molecule has 8 heteroatoms. The van der Waals surface area contributed by atoms with Gasteiger partial charge in [0.25, 0.3) is 5.91 Å². The number of amides is 2. The number of nitrogen functional groups attached to an aromatic ring is 1. The van der Waals surface area contributed by atoms with Crippen LogP contribution in [0.1, 0.15) is 9.67 Å². The van der Waals surface area contributed by atoms with Crippen LogP contribution in [0.3, 0.4) is 0 Å². The molecule has 0 aliphatic carbocycles. The van der Waals surface area contributed by atoms with Crippen LogP contribution in [-0.2, 0) is 4.79 Å². The molecule has 2 aromatic heterocycles. The first-order valence-corrected chi connectivity index (χ1v) is 5.85. The molecule has 0 aromatic carbocycles. The summed E-state index contributed by atoms with van der Waals surface area (Å²) >= 11 is 1.15. The number of hydrogen-bond acceptors (Lipinski definition) is 6. The van der Waals surface area contributed by atoms with Gasteiger partial charge in [0.15, 0.2) is 0 Å². The number of aromatic nitrogens is 2. The lowest BCUT2D eigenvalue weighted by Crippen LogP contribution is -2.35. The maximum atomic E-state index is 12.1. The van der Waals surface area contributed by atoms with Crippen LogP contribution in [0.5, 0.6) is 0 Å². The molecule has 2 heterocycles. The van der Waals surface area contributed by atoms with E-state index in [2.05, 4.69) is 9.97 Å². The summed E-state index contributed by atoms with van der Waals surface area (Å²) in [7, 11) is 1.48. The van der Waals surface area contributed by atoms with Crippen LogP contribution in [0.15, 0.2) is 12.4 Å². The van der Waals surface area contributed by atoms with Gasteiger partial charge in [-0.25, -0.2) is 9.97 Å². The van der Waals surface area contributed by atoms with Gasteiger partial charge in [0.2, 0.25) is 5.91 Å². The molecule has 2 rings (SSSR count). The summed E-state index contributed by atoms with van der Waals surface area (Å²) in [6.07, 6.45) is 3.03. The number of hydrogen-bond donors (Lipinski definition) is 2. The van der Waals surface area contributed by atoms with E-state index in [1.165, 1.54) is 24.3 Å². The largest absolute Gasteiger partial charge is 0.396 e. The summed E-state index contributed by atoms with van der Waals surface area (Å²) in [5.74, 6) is -0.946. The maximum absolute atomic E-state index is 12.1. The standard InChI is InChI=1S/C10H11N5O2S/c1-15(4-5(11)16)10(17)8-6(12)7-9(18-8)14-3-2-13-7/h2-3H,4,12H2,1H3,(H2,11,16). The Hall–Kier alpha value is -2.22. The van der Waals surface area contributed by atoms with Gasteiger partial charge in [0.05, 0.1) is 12.2 Å². The zero-order valence-electron chi connectivity index (χ0n) is 9.58. The van der Waals surface area contributed by atoms with Crippen molar-refractivity contribution in [3.05, 3.63) is 17.3 Å². The molecule has 7 nitrogen and oxygen atoms in total. The third-order valence-electron chi connectivity index (χ3n) is 2.30. The van der Waals surface area contributed by atoms with Crippen molar-refractivity contribution in [2.75, 3.05) is 19.3 Å². The van der Waals surface area contributed by atoms with Gasteiger partial charge in [-0.15, -0.1) is 11.3 Å². The van der Waals surface area contributed by atoms with Crippen LogP contribution < -0.4 is 11.5 Å². The van der Waals surface area contributed by atoms with E-state index in [1.807, 2.05) is 0 Å². The fourth-order valence-electron chi connectivity index (χ4n) is 1.48. The van der Waals surface area contributed by atoms with E-state index in [9.17, 15) is 9.59 Å². The number of primary amides is 1. The molecule has 4 N–H and O–H groups in total. The maximum Gasteiger partial charge on any atom is 0.266 e. The Morgan fingerprint density at radius 3 is 2.67 bits per heavy atom. The SMILES string of the molecule is CN(CC(N)=O)C(=O)c1sc2nccnc2c1N. The van der Waals surface area contributed by atoms with Crippen LogP contribution in [0.25, 0.3) is 10.3 Å². The molecule has 0 bridgehead atoms. The molecule has 0 atom stereocenters. The fourth-order valence-corrected chi connectivity index (χ4v) is 2.50. The number of nitrogens with zero attached hydrogens (tertiary/aromatic N) is 3. The van der Waals surface area contributed by atoms with Crippen molar-refractivity contribution in [1.29, 1.82) is 0 Å². The topological polar surface area (TPSA) is 115 Å². The van der Waals surface area contributed by atoms with Gasteiger partial charge in [-0.3, -0.25) is 9.59 Å². The second kappa shape index (κ2) is 4.57. The molecule has 94 valence electrons. The highest BCUT2D eigenvalue weighted by atomic mass is 32.1. The lowest BCUT2D eigenvalue weighted by Gasteiger charge is -2.13. The highest BCUT2D eigenvalue weighted by molar-refractivity contribution is 7.21. The molecule has 18 heavy (non-hydrogen) atoms. The average Bonchev–Trinajstić information content (AvgIpc) is 2.66. The molecular weight excluding hydrogens is 254 g/mol. The Balaban J connectivity index is 2.39. The fraction of sp³-hybridized carbons (Fsp3) is 0.200. The number of rotatable bonds is 3. The lowest BCUT2D eigenvalue weighted by molar-refractivity contribution is -0.118. The second-order valence-electron chi connectivity index (χ2n) is 3.68. The van der Waals surface area contributed by atoms with Crippen LogP contribution >= 0.6 is 11.3 Å². The van der Waals surface area contributed by atoms with Crippen molar-refractivity contribution < 1.29 is 9.59 Å². The van der Waals surface area contributed by atoms with Gasteiger partial charge >= 0.3 is 0 Å². The van der Waals surface area contributed by atoms with Crippen molar-refractivity contribution in [3.63, 3.8) is 0 Å². The quantitative estimate of drug-likeness (QED) is 0.799. The Labute approximate surface area is 106 Å². The molecule has 0 spiro atoms. The minimum Gasteiger partial charge on any atom is -0.396 e. The van der Waals surface area contributed by atoms with E-state index >= 15 is 0 Å². The van der Waals surface area contributed by atoms with Crippen molar-refractivity contribution in [3.8, 4) is 0 Å². The van der Waals surface area contributed by atoms with E-state index in [4.69, 9.17) is 11.5 Å².